The minimum atomic E-state index is -0.349. The van der Waals surface area contributed by atoms with Crippen LogP contribution in [0.15, 0.2) is 36.3 Å². The van der Waals surface area contributed by atoms with Gasteiger partial charge in [0.05, 0.1) is 0 Å². The molecule has 1 amide bonds. The molecule has 4 heteroatoms. The molecule has 0 aromatic carbocycles. The molecule has 0 heterocycles. The normalized spacial score (nSPS) is 13.7. The molecule has 0 spiro atoms. The van der Waals surface area contributed by atoms with Crippen LogP contribution in [0.4, 0.5) is 0 Å². The molecule has 0 radical (unpaired) electrons. The first kappa shape index (κ1) is 20.3. The van der Waals surface area contributed by atoms with Crippen LogP contribution in [0.5, 0.6) is 0 Å². The minimum Gasteiger partial charge on any atom is -0.508 e. The van der Waals surface area contributed by atoms with E-state index in [9.17, 15) is 9.90 Å². The molecule has 1 unspecified atom stereocenters. The highest BCUT2D eigenvalue weighted by Gasteiger charge is 2.33. The van der Waals surface area contributed by atoms with Crippen molar-refractivity contribution >= 4 is 5.91 Å². The number of carbonyl (C=O) groups excluding carboxylic acids is 1. The van der Waals surface area contributed by atoms with E-state index in [0.29, 0.717) is 12.1 Å². The van der Waals surface area contributed by atoms with Crippen molar-refractivity contribution in [3.05, 3.63) is 36.3 Å². The zero-order valence-corrected chi connectivity index (χ0v) is 15.2. The molecular weight excluding hydrogens is 276 g/mol. The predicted molar refractivity (Wildman–Crippen MR) is 93.5 cm³/mol. The Hall–Kier alpha value is -1.71. The van der Waals surface area contributed by atoms with Crippen LogP contribution in [0, 0.1) is 11.3 Å². The molecule has 4 nitrogen and oxygen atoms in total. The first-order chi connectivity index (χ1) is 9.87. The number of hydrogen-bond donors (Lipinski definition) is 2. The summed E-state index contributed by atoms with van der Waals surface area (Å²) >= 11 is 0. The molecule has 0 rings (SSSR count). The average Bonchev–Trinajstić information content (AvgIpc) is 2.38. The summed E-state index contributed by atoms with van der Waals surface area (Å²) in [6.07, 6.45) is 1.79. The Morgan fingerprint density at radius 1 is 1.32 bits per heavy atom. The van der Waals surface area contributed by atoms with Crippen molar-refractivity contribution in [1.82, 2.24) is 10.2 Å². The fourth-order valence-electron chi connectivity index (χ4n) is 1.70. The Balaban J connectivity index is 5.09. The number of likely N-dealkylation sites (N-methyl/N-ethyl adjacent to an activating group) is 1. The number of hydrogen-bond acceptors (Lipinski definition) is 3. The summed E-state index contributed by atoms with van der Waals surface area (Å²) in [6.45, 7) is 19.8. The van der Waals surface area contributed by atoms with E-state index in [1.165, 1.54) is 0 Å². The van der Waals surface area contributed by atoms with Crippen LogP contribution >= 0.6 is 0 Å². The average molecular weight is 308 g/mol. The number of nitrogens with zero attached hydrogens (tertiary/aromatic N) is 1. The number of aliphatic hydroxyl groups excluding tert-OH is 1. The van der Waals surface area contributed by atoms with Gasteiger partial charge in [-0.1, -0.05) is 53.9 Å². The summed E-state index contributed by atoms with van der Waals surface area (Å²) in [6, 6.07) is -0.349. The maximum absolute atomic E-state index is 12.7. The number of nitrogens with one attached hydrogen (secondary N) is 1. The van der Waals surface area contributed by atoms with E-state index < -0.39 is 0 Å². The molecule has 0 aliphatic rings. The quantitative estimate of drug-likeness (QED) is 0.558. The molecule has 1 atom stereocenters. The maximum Gasteiger partial charge on any atom is 0.245 e. The first-order valence-corrected chi connectivity index (χ1v) is 7.63. The van der Waals surface area contributed by atoms with Gasteiger partial charge in [0.2, 0.25) is 5.91 Å². The van der Waals surface area contributed by atoms with Gasteiger partial charge in [-0.05, 0) is 23.8 Å². The Morgan fingerprint density at radius 2 is 1.82 bits per heavy atom. The van der Waals surface area contributed by atoms with Crippen molar-refractivity contribution in [3.8, 4) is 0 Å². The van der Waals surface area contributed by atoms with Crippen LogP contribution in [0.1, 0.15) is 41.5 Å². The number of rotatable bonds is 7. The number of carbonyl (C=O) groups is 1. The lowest BCUT2D eigenvalue weighted by atomic mass is 9.85. The van der Waals surface area contributed by atoms with E-state index in [4.69, 9.17) is 0 Å². The molecule has 126 valence electrons. The Labute approximate surface area is 135 Å². The molecule has 0 aliphatic carbocycles. The number of aliphatic hydroxyl groups is 1. The molecule has 0 bridgehead atoms. The molecule has 0 fully saturated rings. The Kier molecular flexibility index (Phi) is 7.44. The summed E-state index contributed by atoms with van der Waals surface area (Å²) in [4.78, 5) is 14.4. The second kappa shape index (κ2) is 8.06. The van der Waals surface area contributed by atoms with Crippen LogP contribution in [-0.4, -0.2) is 35.5 Å². The predicted octanol–water partition coefficient (Wildman–Crippen LogP) is 3.64. The lowest BCUT2D eigenvalue weighted by Crippen LogP contribution is -2.52. The van der Waals surface area contributed by atoms with Crippen molar-refractivity contribution in [2.24, 2.45) is 11.3 Å². The van der Waals surface area contributed by atoms with Gasteiger partial charge in [0, 0.05) is 19.3 Å². The molecule has 0 aromatic heterocycles. The first-order valence-electron chi connectivity index (χ1n) is 7.63. The van der Waals surface area contributed by atoms with Gasteiger partial charge in [0.1, 0.15) is 11.8 Å². The molecular formula is C18H32N2O2. The van der Waals surface area contributed by atoms with Crippen molar-refractivity contribution in [3.63, 3.8) is 0 Å². The minimum absolute atomic E-state index is 0.00176. The van der Waals surface area contributed by atoms with Crippen molar-refractivity contribution in [1.29, 1.82) is 0 Å². The van der Waals surface area contributed by atoms with E-state index in [2.05, 4.69) is 18.5 Å². The van der Waals surface area contributed by atoms with Crippen molar-refractivity contribution in [2.45, 2.75) is 47.6 Å². The van der Waals surface area contributed by atoms with Gasteiger partial charge in [-0.3, -0.25) is 4.79 Å². The van der Waals surface area contributed by atoms with E-state index in [1.54, 1.807) is 24.9 Å². The molecule has 2 N–H and O–H groups in total. The fourth-order valence-corrected chi connectivity index (χ4v) is 1.70. The topological polar surface area (TPSA) is 52.6 Å². The Morgan fingerprint density at radius 3 is 2.18 bits per heavy atom. The molecule has 22 heavy (non-hydrogen) atoms. The zero-order chi connectivity index (χ0) is 17.7. The Bertz CT molecular complexity index is 456. The molecule has 0 saturated carbocycles. The second-order valence-electron chi connectivity index (χ2n) is 7.18. The second-order valence-corrected chi connectivity index (χ2v) is 7.18. The highest BCUT2D eigenvalue weighted by atomic mass is 16.3. The van der Waals surface area contributed by atoms with Gasteiger partial charge in [0.15, 0.2) is 0 Å². The third-order valence-corrected chi connectivity index (χ3v) is 3.64. The smallest absolute Gasteiger partial charge is 0.245 e. The van der Waals surface area contributed by atoms with Gasteiger partial charge < -0.3 is 15.3 Å². The molecule has 0 aliphatic heterocycles. The molecule has 0 aromatic rings. The lowest BCUT2D eigenvalue weighted by Gasteiger charge is -2.35. The SMILES string of the molecule is C=C(O)/C(C)=C/CN(C)C(=O)C(NC(=C)C(C)C)C(C)(C)C. The summed E-state index contributed by atoms with van der Waals surface area (Å²) in [5, 5.41) is 12.6. The van der Waals surface area contributed by atoms with Gasteiger partial charge in [-0.25, -0.2) is 0 Å². The monoisotopic (exact) mass is 308 g/mol. The summed E-state index contributed by atoms with van der Waals surface area (Å²) in [5.41, 5.74) is 1.30. The third-order valence-electron chi connectivity index (χ3n) is 3.64. The van der Waals surface area contributed by atoms with Gasteiger partial charge in [0.25, 0.3) is 0 Å². The highest BCUT2D eigenvalue weighted by Crippen LogP contribution is 2.23. The van der Waals surface area contributed by atoms with Crippen LogP contribution < -0.4 is 5.32 Å². The maximum atomic E-state index is 12.7. The number of allylic oxidation sites excluding steroid dienone is 2. The summed E-state index contributed by atoms with van der Waals surface area (Å²) < 4.78 is 0. The third kappa shape index (κ3) is 6.37. The van der Waals surface area contributed by atoms with Crippen LogP contribution in [0.25, 0.3) is 0 Å². The van der Waals surface area contributed by atoms with Crippen LogP contribution in [-0.2, 0) is 4.79 Å². The lowest BCUT2D eigenvalue weighted by molar-refractivity contribution is -0.134. The van der Waals surface area contributed by atoms with Gasteiger partial charge in [-0.2, -0.15) is 0 Å². The zero-order valence-electron chi connectivity index (χ0n) is 15.2. The van der Waals surface area contributed by atoms with Gasteiger partial charge in [-0.15, -0.1) is 0 Å². The van der Waals surface area contributed by atoms with Crippen LogP contribution in [0.3, 0.4) is 0 Å². The van der Waals surface area contributed by atoms with E-state index in [0.717, 1.165) is 5.70 Å². The van der Waals surface area contributed by atoms with E-state index in [-0.39, 0.29) is 29.0 Å². The highest BCUT2D eigenvalue weighted by molar-refractivity contribution is 5.83. The summed E-state index contributed by atoms with van der Waals surface area (Å²) in [5.74, 6) is 0.296. The largest absolute Gasteiger partial charge is 0.508 e. The van der Waals surface area contributed by atoms with E-state index in [1.807, 2.05) is 34.6 Å². The standard InChI is InChI=1S/C18H32N2O2/c1-12(2)14(4)19-16(18(6,7)8)17(22)20(9)11-10-13(3)15(5)21/h10,12,16,19,21H,4-5,11H2,1-3,6-9H3/b13-10+. The van der Waals surface area contributed by atoms with Crippen molar-refractivity contribution < 1.29 is 9.90 Å². The van der Waals surface area contributed by atoms with Crippen LogP contribution in [0.2, 0.25) is 0 Å². The van der Waals surface area contributed by atoms with Crippen molar-refractivity contribution in [2.75, 3.05) is 13.6 Å². The van der Waals surface area contributed by atoms with Gasteiger partial charge >= 0.3 is 0 Å². The fraction of sp³-hybridized carbons (Fsp3) is 0.611. The molecule has 0 saturated heterocycles. The number of amides is 1. The van der Waals surface area contributed by atoms with E-state index >= 15 is 0 Å². The summed E-state index contributed by atoms with van der Waals surface area (Å²) in [7, 11) is 1.75.